The van der Waals surface area contributed by atoms with Gasteiger partial charge in [0.15, 0.2) is 0 Å². The average molecular weight is 472 g/mol. The lowest BCUT2D eigenvalue weighted by molar-refractivity contribution is -0.131. The number of thiophene rings is 1. The Balaban J connectivity index is 1.74. The standard InChI is InChI=1S/C28H25NO2S2/c1-17-14-18(2)33-28(17)27(20-4-3-5-20)26(22-11-12-24-23(15-22)29-16-32-24)21-9-6-19(7-10-21)8-13-25(30)31/h6-16,20H,3-5H2,1-2H3,(H,30,31). The minimum atomic E-state index is -0.938. The molecule has 2 aromatic carbocycles. The molecule has 2 heterocycles. The monoisotopic (exact) mass is 471 g/mol. The summed E-state index contributed by atoms with van der Waals surface area (Å²) in [6.07, 6.45) is 6.52. The number of hydrogen-bond donors (Lipinski definition) is 1. The normalized spacial score (nSPS) is 15.1. The highest BCUT2D eigenvalue weighted by Gasteiger charge is 2.29. The predicted molar refractivity (Wildman–Crippen MR) is 140 cm³/mol. The molecular formula is C28H25NO2S2. The van der Waals surface area contributed by atoms with Crippen LogP contribution in [0.25, 0.3) is 27.4 Å². The van der Waals surface area contributed by atoms with Crippen molar-refractivity contribution in [3.05, 3.63) is 92.1 Å². The second-order valence-electron chi connectivity index (χ2n) is 8.61. The zero-order valence-electron chi connectivity index (χ0n) is 18.7. The van der Waals surface area contributed by atoms with Crippen LogP contribution >= 0.6 is 22.7 Å². The molecule has 5 heteroatoms. The van der Waals surface area contributed by atoms with Gasteiger partial charge in [-0.05, 0) is 90.3 Å². The van der Waals surface area contributed by atoms with Gasteiger partial charge in [-0.15, -0.1) is 22.7 Å². The van der Waals surface area contributed by atoms with Crippen LogP contribution in [0.5, 0.6) is 0 Å². The summed E-state index contributed by atoms with van der Waals surface area (Å²) < 4.78 is 1.19. The van der Waals surface area contributed by atoms with Crippen LogP contribution in [-0.4, -0.2) is 16.1 Å². The van der Waals surface area contributed by atoms with Gasteiger partial charge in [-0.25, -0.2) is 9.78 Å². The number of carboxylic acid groups (broad SMARTS) is 1. The molecule has 1 aliphatic rings. The van der Waals surface area contributed by atoms with E-state index in [9.17, 15) is 4.79 Å². The molecule has 0 saturated heterocycles. The number of aryl methyl sites for hydroxylation is 2. The minimum Gasteiger partial charge on any atom is -0.478 e. The smallest absolute Gasteiger partial charge is 0.328 e. The topological polar surface area (TPSA) is 50.2 Å². The molecule has 0 bridgehead atoms. The predicted octanol–water partition coefficient (Wildman–Crippen LogP) is 7.83. The third kappa shape index (κ3) is 4.43. The number of allylic oxidation sites excluding steroid dienone is 1. The van der Waals surface area contributed by atoms with Gasteiger partial charge in [0.25, 0.3) is 0 Å². The lowest BCUT2D eigenvalue weighted by atomic mass is 9.74. The fraction of sp³-hybridized carbons (Fsp3) is 0.214. The largest absolute Gasteiger partial charge is 0.478 e. The molecule has 166 valence electrons. The second-order valence-corrected chi connectivity index (χ2v) is 10.8. The van der Waals surface area contributed by atoms with Gasteiger partial charge in [-0.1, -0.05) is 36.8 Å². The Morgan fingerprint density at radius 2 is 1.82 bits per heavy atom. The van der Waals surface area contributed by atoms with Crippen molar-refractivity contribution in [2.75, 3.05) is 0 Å². The zero-order chi connectivity index (χ0) is 22.9. The lowest BCUT2D eigenvalue weighted by Crippen LogP contribution is -2.15. The van der Waals surface area contributed by atoms with Crippen molar-refractivity contribution in [2.24, 2.45) is 5.92 Å². The van der Waals surface area contributed by atoms with Crippen LogP contribution in [-0.2, 0) is 4.79 Å². The van der Waals surface area contributed by atoms with Gasteiger partial charge in [0.05, 0.1) is 15.7 Å². The quantitative estimate of drug-likeness (QED) is 0.292. The van der Waals surface area contributed by atoms with Gasteiger partial charge in [0.1, 0.15) is 0 Å². The molecule has 3 nitrogen and oxygen atoms in total. The fourth-order valence-electron chi connectivity index (χ4n) is 4.53. The molecule has 0 aliphatic heterocycles. The second kappa shape index (κ2) is 9.08. The number of aromatic nitrogens is 1. The van der Waals surface area contributed by atoms with E-state index in [-0.39, 0.29) is 0 Å². The van der Waals surface area contributed by atoms with Crippen LogP contribution in [0.1, 0.15) is 51.3 Å². The van der Waals surface area contributed by atoms with E-state index < -0.39 is 5.97 Å². The Morgan fingerprint density at radius 1 is 1.06 bits per heavy atom. The molecule has 33 heavy (non-hydrogen) atoms. The molecule has 5 rings (SSSR count). The van der Waals surface area contributed by atoms with Crippen LogP contribution in [0.2, 0.25) is 0 Å². The van der Waals surface area contributed by atoms with Gasteiger partial charge in [-0.2, -0.15) is 0 Å². The van der Waals surface area contributed by atoms with E-state index in [0.717, 1.165) is 16.6 Å². The third-order valence-electron chi connectivity index (χ3n) is 6.31. The number of thiazole rings is 1. The molecule has 1 saturated carbocycles. The van der Waals surface area contributed by atoms with E-state index in [1.54, 1.807) is 17.4 Å². The highest BCUT2D eigenvalue weighted by molar-refractivity contribution is 7.16. The summed E-state index contributed by atoms with van der Waals surface area (Å²) in [5, 5.41) is 8.96. The number of aliphatic carboxylic acids is 1. The Hall–Kier alpha value is -3.02. The van der Waals surface area contributed by atoms with Gasteiger partial charge < -0.3 is 5.11 Å². The third-order valence-corrected chi connectivity index (χ3v) is 8.30. The molecule has 0 radical (unpaired) electrons. The summed E-state index contributed by atoms with van der Waals surface area (Å²) in [6.45, 7) is 4.41. The molecule has 4 aromatic rings. The van der Waals surface area contributed by atoms with E-state index in [1.807, 2.05) is 29.0 Å². The van der Waals surface area contributed by atoms with E-state index >= 15 is 0 Å². The number of benzene rings is 2. The number of nitrogens with zero attached hydrogens (tertiary/aromatic N) is 1. The van der Waals surface area contributed by atoms with Gasteiger partial charge >= 0.3 is 5.97 Å². The Morgan fingerprint density at radius 3 is 2.45 bits per heavy atom. The number of hydrogen-bond acceptors (Lipinski definition) is 4. The van der Waals surface area contributed by atoms with Crippen LogP contribution < -0.4 is 0 Å². The summed E-state index contributed by atoms with van der Waals surface area (Å²) in [6, 6.07) is 17.2. The molecule has 0 atom stereocenters. The molecule has 0 amide bonds. The first kappa shape index (κ1) is 21.8. The molecule has 1 fully saturated rings. The zero-order valence-corrected chi connectivity index (χ0v) is 20.3. The lowest BCUT2D eigenvalue weighted by Gasteiger charge is -2.31. The number of rotatable bonds is 6. The Labute approximate surface area is 201 Å². The van der Waals surface area contributed by atoms with E-state index in [4.69, 9.17) is 5.11 Å². The molecule has 0 unspecified atom stereocenters. The summed E-state index contributed by atoms with van der Waals surface area (Å²) in [5.41, 5.74) is 10.2. The first-order valence-electron chi connectivity index (χ1n) is 11.2. The van der Waals surface area contributed by atoms with E-state index in [0.29, 0.717) is 5.92 Å². The average Bonchev–Trinajstić information content (AvgIpc) is 3.36. The molecule has 2 aromatic heterocycles. The first-order chi connectivity index (χ1) is 16.0. The van der Waals surface area contributed by atoms with Gasteiger partial charge in [0, 0.05) is 15.8 Å². The Bertz CT molecular complexity index is 1390. The fourth-order valence-corrected chi connectivity index (χ4v) is 6.34. The van der Waals surface area contributed by atoms with E-state index in [2.05, 4.69) is 55.2 Å². The van der Waals surface area contributed by atoms with Crippen LogP contribution in [0.4, 0.5) is 0 Å². The maximum absolute atomic E-state index is 10.9. The van der Waals surface area contributed by atoms with Crippen LogP contribution in [0, 0.1) is 19.8 Å². The Kier molecular flexibility index (Phi) is 6.00. The van der Waals surface area contributed by atoms with Crippen molar-refractivity contribution in [2.45, 2.75) is 33.1 Å². The maximum Gasteiger partial charge on any atom is 0.328 e. The molecule has 1 N–H and O–H groups in total. The van der Waals surface area contributed by atoms with Crippen molar-refractivity contribution in [3.8, 4) is 0 Å². The number of carbonyl (C=O) groups is 1. The minimum absolute atomic E-state index is 0.550. The maximum atomic E-state index is 10.9. The van der Waals surface area contributed by atoms with E-state index in [1.165, 1.54) is 62.1 Å². The SMILES string of the molecule is Cc1cc(C)c(C(=C(c2ccc(C=CC(=O)O)cc2)c2ccc3scnc3c2)C2CCC2)s1. The summed E-state index contributed by atoms with van der Waals surface area (Å²) >= 11 is 3.55. The van der Waals surface area contributed by atoms with Crippen LogP contribution in [0.15, 0.2) is 60.1 Å². The van der Waals surface area contributed by atoms with Gasteiger partial charge in [0.2, 0.25) is 0 Å². The summed E-state index contributed by atoms with van der Waals surface area (Å²) in [7, 11) is 0. The van der Waals surface area contributed by atoms with Crippen molar-refractivity contribution in [3.63, 3.8) is 0 Å². The van der Waals surface area contributed by atoms with Gasteiger partial charge in [-0.3, -0.25) is 0 Å². The number of fused-ring (bicyclic) bond motifs is 1. The van der Waals surface area contributed by atoms with Crippen molar-refractivity contribution in [1.82, 2.24) is 4.98 Å². The summed E-state index contributed by atoms with van der Waals surface area (Å²) in [4.78, 5) is 18.2. The van der Waals surface area contributed by atoms with Crippen molar-refractivity contribution >= 4 is 56.1 Å². The van der Waals surface area contributed by atoms with Crippen LogP contribution in [0.3, 0.4) is 0 Å². The summed E-state index contributed by atoms with van der Waals surface area (Å²) in [5.74, 6) is -0.387. The van der Waals surface area contributed by atoms with Crippen molar-refractivity contribution < 1.29 is 9.90 Å². The highest BCUT2D eigenvalue weighted by atomic mass is 32.1. The molecule has 0 spiro atoms. The first-order valence-corrected chi connectivity index (χ1v) is 12.9. The molecule has 1 aliphatic carbocycles. The molecular weight excluding hydrogens is 446 g/mol. The number of carboxylic acids is 1. The van der Waals surface area contributed by atoms with Crippen molar-refractivity contribution in [1.29, 1.82) is 0 Å². The highest BCUT2D eigenvalue weighted by Crippen LogP contribution is 2.48.